The zero-order valence-electron chi connectivity index (χ0n) is 13.2. The second-order valence-electron chi connectivity index (χ2n) is 5.62. The molecule has 0 aliphatic heterocycles. The minimum Gasteiger partial charge on any atom is -0.359 e. The Morgan fingerprint density at radius 1 is 1.35 bits per heavy atom. The Hall–Kier alpha value is -1.39. The fourth-order valence-corrected chi connectivity index (χ4v) is 2.72. The van der Waals surface area contributed by atoms with Crippen molar-refractivity contribution < 1.29 is 4.79 Å². The number of hydrogen-bond acceptors (Lipinski definition) is 3. The summed E-state index contributed by atoms with van der Waals surface area (Å²) in [5, 5.41) is 2.69. The molecule has 0 aliphatic rings. The molecule has 1 amide bonds. The number of carbonyl (C=O) groups excluding carboxylic acids is 1. The molecule has 0 bridgehead atoms. The third-order valence-electron chi connectivity index (χ3n) is 3.74. The molecule has 4 heteroatoms. The van der Waals surface area contributed by atoms with Crippen LogP contribution in [0.1, 0.15) is 31.0 Å². The number of benzene rings is 1. The molecule has 1 rings (SSSR count). The van der Waals surface area contributed by atoms with Crippen LogP contribution in [0.3, 0.4) is 0 Å². The Bertz CT molecular complexity index is 445. The standard InChI is InChI=1S/C16H27N3O/c1-11-8-6-7-9-14(11)15(13(3)17)19(5)10-12(2)16(20)18-4/h6-9,12-13,15H,10,17H2,1-5H3,(H,18,20). The van der Waals surface area contributed by atoms with Gasteiger partial charge in [-0.25, -0.2) is 0 Å². The van der Waals surface area contributed by atoms with Gasteiger partial charge < -0.3 is 11.1 Å². The van der Waals surface area contributed by atoms with Gasteiger partial charge in [-0.15, -0.1) is 0 Å². The van der Waals surface area contributed by atoms with Crippen LogP contribution in [-0.4, -0.2) is 37.5 Å². The topological polar surface area (TPSA) is 58.4 Å². The average molecular weight is 277 g/mol. The number of rotatable bonds is 6. The van der Waals surface area contributed by atoms with Crippen LogP contribution >= 0.6 is 0 Å². The highest BCUT2D eigenvalue weighted by atomic mass is 16.1. The second kappa shape index (κ2) is 7.41. The minimum absolute atomic E-state index is 0.00186. The van der Waals surface area contributed by atoms with Crippen molar-refractivity contribution in [2.75, 3.05) is 20.6 Å². The molecule has 0 heterocycles. The van der Waals surface area contributed by atoms with Crippen LogP contribution in [0.2, 0.25) is 0 Å². The highest BCUT2D eigenvalue weighted by molar-refractivity contribution is 5.78. The van der Waals surface area contributed by atoms with Gasteiger partial charge in [0.15, 0.2) is 0 Å². The fourth-order valence-electron chi connectivity index (χ4n) is 2.72. The van der Waals surface area contributed by atoms with Crippen molar-refractivity contribution in [3.63, 3.8) is 0 Å². The molecule has 0 aliphatic carbocycles. The third-order valence-corrected chi connectivity index (χ3v) is 3.74. The number of nitrogens with one attached hydrogen (secondary N) is 1. The number of aryl methyl sites for hydroxylation is 1. The summed E-state index contributed by atoms with van der Waals surface area (Å²) in [4.78, 5) is 13.8. The van der Waals surface area contributed by atoms with Gasteiger partial charge in [0.05, 0.1) is 0 Å². The maximum absolute atomic E-state index is 11.7. The van der Waals surface area contributed by atoms with Gasteiger partial charge in [-0.1, -0.05) is 31.2 Å². The molecule has 1 aromatic rings. The van der Waals surface area contributed by atoms with E-state index in [1.807, 2.05) is 33.0 Å². The predicted octanol–water partition coefficient (Wildman–Crippen LogP) is 1.70. The Labute approximate surface area is 122 Å². The summed E-state index contributed by atoms with van der Waals surface area (Å²) in [5.74, 6) is 0.000302. The van der Waals surface area contributed by atoms with Gasteiger partial charge in [0, 0.05) is 31.6 Å². The number of carbonyl (C=O) groups is 1. The first kappa shape index (κ1) is 16.7. The van der Waals surface area contributed by atoms with E-state index in [0.29, 0.717) is 6.54 Å². The number of nitrogens with two attached hydrogens (primary N) is 1. The maximum Gasteiger partial charge on any atom is 0.223 e. The van der Waals surface area contributed by atoms with Gasteiger partial charge >= 0.3 is 0 Å². The molecule has 112 valence electrons. The highest BCUT2D eigenvalue weighted by Crippen LogP contribution is 2.25. The summed E-state index contributed by atoms with van der Waals surface area (Å²) in [7, 11) is 3.70. The van der Waals surface area contributed by atoms with E-state index in [-0.39, 0.29) is 23.9 Å². The van der Waals surface area contributed by atoms with Gasteiger partial charge in [0.2, 0.25) is 5.91 Å². The lowest BCUT2D eigenvalue weighted by atomic mass is 9.94. The first-order valence-corrected chi connectivity index (χ1v) is 7.11. The molecular weight excluding hydrogens is 250 g/mol. The van der Waals surface area contributed by atoms with E-state index in [1.54, 1.807) is 7.05 Å². The van der Waals surface area contributed by atoms with Crippen molar-refractivity contribution in [3.8, 4) is 0 Å². The summed E-state index contributed by atoms with van der Waals surface area (Å²) in [6.45, 7) is 6.73. The van der Waals surface area contributed by atoms with E-state index in [1.165, 1.54) is 11.1 Å². The van der Waals surface area contributed by atoms with Crippen molar-refractivity contribution in [1.29, 1.82) is 0 Å². The van der Waals surface area contributed by atoms with Crippen LogP contribution in [-0.2, 0) is 4.79 Å². The zero-order valence-corrected chi connectivity index (χ0v) is 13.2. The van der Waals surface area contributed by atoms with E-state index in [9.17, 15) is 4.79 Å². The smallest absolute Gasteiger partial charge is 0.223 e. The molecule has 4 nitrogen and oxygen atoms in total. The maximum atomic E-state index is 11.7. The van der Waals surface area contributed by atoms with E-state index >= 15 is 0 Å². The summed E-state index contributed by atoms with van der Waals surface area (Å²) >= 11 is 0. The average Bonchev–Trinajstić information content (AvgIpc) is 2.39. The summed E-state index contributed by atoms with van der Waals surface area (Å²) in [6.07, 6.45) is 0. The number of hydrogen-bond donors (Lipinski definition) is 2. The predicted molar refractivity (Wildman–Crippen MR) is 83.4 cm³/mol. The molecule has 0 fully saturated rings. The lowest BCUT2D eigenvalue weighted by molar-refractivity contribution is -0.124. The minimum atomic E-state index is -0.0599. The van der Waals surface area contributed by atoms with Crippen molar-refractivity contribution >= 4 is 5.91 Å². The molecule has 1 aromatic carbocycles. The molecule has 3 N–H and O–H groups in total. The number of amides is 1. The first-order chi connectivity index (χ1) is 9.38. The van der Waals surface area contributed by atoms with Crippen LogP contribution in [0.25, 0.3) is 0 Å². The molecule has 0 aromatic heterocycles. The van der Waals surface area contributed by atoms with Crippen LogP contribution in [0.5, 0.6) is 0 Å². The summed E-state index contributed by atoms with van der Waals surface area (Å²) in [6, 6.07) is 8.39. The van der Waals surface area contributed by atoms with Gasteiger partial charge in [-0.05, 0) is 32.0 Å². The molecular formula is C16H27N3O. The Morgan fingerprint density at radius 3 is 2.45 bits per heavy atom. The van der Waals surface area contributed by atoms with Crippen molar-refractivity contribution in [1.82, 2.24) is 10.2 Å². The van der Waals surface area contributed by atoms with E-state index in [2.05, 4.69) is 29.3 Å². The monoisotopic (exact) mass is 277 g/mol. The molecule has 0 radical (unpaired) electrons. The molecule has 0 saturated carbocycles. The molecule has 20 heavy (non-hydrogen) atoms. The number of likely N-dealkylation sites (N-methyl/N-ethyl adjacent to an activating group) is 1. The molecule has 3 atom stereocenters. The third kappa shape index (κ3) is 4.05. The van der Waals surface area contributed by atoms with Crippen molar-refractivity contribution in [2.24, 2.45) is 11.7 Å². The second-order valence-corrected chi connectivity index (χ2v) is 5.62. The van der Waals surface area contributed by atoms with E-state index in [0.717, 1.165) is 0 Å². The van der Waals surface area contributed by atoms with E-state index in [4.69, 9.17) is 5.73 Å². The molecule has 0 spiro atoms. The van der Waals surface area contributed by atoms with E-state index < -0.39 is 0 Å². The van der Waals surface area contributed by atoms with Gasteiger partial charge in [-0.3, -0.25) is 9.69 Å². The van der Waals surface area contributed by atoms with Crippen LogP contribution in [0.15, 0.2) is 24.3 Å². The SMILES string of the molecule is CNC(=O)C(C)CN(C)C(c1ccccc1C)C(C)N. The Morgan fingerprint density at radius 2 is 1.95 bits per heavy atom. The van der Waals surface area contributed by atoms with Gasteiger partial charge in [-0.2, -0.15) is 0 Å². The zero-order chi connectivity index (χ0) is 15.3. The van der Waals surface area contributed by atoms with Gasteiger partial charge in [0.25, 0.3) is 0 Å². The van der Waals surface area contributed by atoms with Crippen molar-refractivity contribution in [3.05, 3.63) is 35.4 Å². The fraction of sp³-hybridized carbons (Fsp3) is 0.562. The van der Waals surface area contributed by atoms with Crippen LogP contribution in [0, 0.1) is 12.8 Å². The van der Waals surface area contributed by atoms with Crippen molar-refractivity contribution in [2.45, 2.75) is 32.9 Å². The Balaban J connectivity index is 2.92. The Kier molecular flexibility index (Phi) is 6.17. The highest BCUT2D eigenvalue weighted by Gasteiger charge is 2.25. The quantitative estimate of drug-likeness (QED) is 0.832. The van der Waals surface area contributed by atoms with Gasteiger partial charge in [0.1, 0.15) is 0 Å². The molecule has 0 saturated heterocycles. The number of nitrogens with zero attached hydrogens (tertiary/aromatic N) is 1. The lowest BCUT2D eigenvalue weighted by Crippen LogP contribution is -2.42. The molecule has 3 unspecified atom stereocenters. The van der Waals surface area contributed by atoms with Crippen LogP contribution in [0.4, 0.5) is 0 Å². The first-order valence-electron chi connectivity index (χ1n) is 7.11. The normalized spacial score (nSPS) is 15.8. The summed E-state index contributed by atoms with van der Waals surface area (Å²) < 4.78 is 0. The largest absolute Gasteiger partial charge is 0.359 e. The summed E-state index contributed by atoms with van der Waals surface area (Å²) in [5.41, 5.74) is 8.64. The lowest BCUT2D eigenvalue weighted by Gasteiger charge is -2.33. The van der Waals surface area contributed by atoms with Crippen LogP contribution < -0.4 is 11.1 Å².